The van der Waals surface area contributed by atoms with Crippen LogP contribution in [0, 0.1) is 0 Å². The third kappa shape index (κ3) is 7.54. The molecule has 1 heterocycles. The number of nitrogens with one attached hydrogen (secondary N) is 1. The van der Waals surface area contributed by atoms with Gasteiger partial charge in [0.1, 0.15) is 11.5 Å². The molecule has 0 bridgehead atoms. The van der Waals surface area contributed by atoms with Crippen molar-refractivity contribution in [2.75, 3.05) is 13.2 Å². The molecule has 170 valence electrons. The Morgan fingerprint density at radius 2 is 1.65 bits per heavy atom. The number of hydrogen-bond acceptors (Lipinski definition) is 7. The molecule has 0 aliphatic carbocycles. The van der Waals surface area contributed by atoms with Gasteiger partial charge in [0.15, 0.2) is 6.10 Å². The van der Waals surface area contributed by atoms with Crippen molar-refractivity contribution in [3.63, 3.8) is 0 Å². The lowest BCUT2D eigenvalue weighted by Gasteiger charge is -2.20. The molecule has 2 rings (SSSR count). The van der Waals surface area contributed by atoms with Gasteiger partial charge in [0.2, 0.25) is 5.88 Å². The Hall–Kier alpha value is -2.62. The Labute approximate surface area is 177 Å². The van der Waals surface area contributed by atoms with Crippen LogP contribution in [0.1, 0.15) is 26.3 Å². The van der Waals surface area contributed by atoms with Crippen molar-refractivity contribution in [2.45, 2.75) is 33.1 Å². The van der Waals surface area contributed by atoms with Gasteiger partial charge in [0.25, 0.3) is 5.91 Å². The van der Waals surface area contributed by atoms with Gasteiger partial charge in [0.05, 0.1) is 18.8 Å². The monoisotopic (exact) mass is 462 g/mol. The first kappa shape index (κ1) is 24.6. The topological polar surface area (TPSA) is 96.0 Å². The fraction of sp³-hybridized carbons (Fsp3) is 0.368. The smallest absolute Gasteiger partial charge is 0.434 e. The van der Waals surface area contributed by atoms with Gasteiger partial charge in [-0.3, -0.25) is 18.9 Å². The first-order valence-corrected chi connectivity index (χ1v) is 10.8. The van der Waals surface area contributed by atoms with E-state index >= 15 is 0 Å². The lowest BCUT2D eigenvalue weighted by molar-refractivity contribution is -0.137. The van der Waals surface area contributed by atoms with E-state index in [4.69, 9.17) is 18.5 Å². The number of aromatic nitrogens is 1. The van der Waals surface area contributed by atoms with Crippen molar-refractivity contribution in [1.29, 1.82) is 0 Å². The third-order valence-electron chi connectivity index (χ3n) is 3.64. The van der Waals surface area contributed by atoms with Crippen molar-refractivity contribution < 1.29 is 41.1 Å². The van der Waals surface area contributed by atoms with Crippen molar-refractivity contribution in [1.82, 2.24) is 10.1 Å². The summed E-state index contributed by atoms with van der Waals surface area (Å²) in [6.07, 6.45) is -4.82. The molecule has 1 amide bonds. The van der Waals surface area contributed by atoms with Gasteiger partial charge < -0.3 is 9.47 Å². The molecule has 0 saturated heterocycles. The molecule has 1 aromatic carbocycles. The molecule has 1 N–H and O–H groups in total. The van der Waals surface area contributed by atoms with E-state index in [-0.39, 0.29) is 19.1 Å². The molecule has 1 atom stereocenters. The summed E-state index contributed by atoms with van der Waals surface area (Å²) < 4.78 is 70.9. The van der Waals surface area contributed by atoms with E-state index in [1.807, 2.05) is 0 Å². The van der Waals surface area contributed by atoms with Crippen molar-refractivity contribution in [3.8, 4) is 17.4 Å². The number of pyridine rings is 1. The average molecular weight is 462 g/mol. The zero-order valence-electron chi connectivity index (χ0n) is 17.0. The van der Waals surface area contributed by atoms with Crippen molar-refractivity contribution in [2.24, 2.45) is 0 Å². The number of hydrogen-bond donors (Lipinski definition) is 1. The van der Waals surface area contributed by atoms with Gasteiger partial charge in [-0.15, -0.1) is 0 Å². The molecular weight excluding hydrogens is 440 g/mol. The molecule has 31 heavy (non-hydrogen) atoms. The molecule has 12 heteroatoms. The zero-order chi connectivity index (χ0) is 23.1. The summed E-state index contributed by atoms with van der Waals surface area (Å²) in [7, 11) is -3.77. The van der Waals surface area contributed by atoms with Gasteiger partial charge in [-0.1, -0.05) is 0 Å². The summed E-state index contributed by atoms with van der Waals surface area (Å²) >= 11 is 0. The minimum Gasteiger partial charge on any atom is -0.481 e. The fourth-order valence-electron chi connectivity index (χ4n) is 2.24. The normalized spacial score (nSPS) is 12.8. The van der Waals surface area contributed by atoms with Gasteiger partial charge in [-0.2, -0.15) is 13.2 Å². The van der Waals surface area contributed by atoms with Gasteiger partial charge >= 0.3 is 13.9 Å². The number of carbonyl (C=O) groups excluding carboxylic acids is 1. The number of carbonyl (C=O) groups is 1. The molecule has 0 saturated carbocycles. The Kier molecular flexibility index (Phi) is 8.43. The molecule has 0 radical (unpaired) electrons. The summed E-state index contributed by atoms with van der Waals surface area (Å²) in [5, 5.41) is 2.21. The summed E-state index contributed by atoms with van der Waals surface area (Å²) in [6.45, 7) is 4.85. The number of alkyl halides is 3. The Morgan fingerprint density at radius 1 is 1.06 bits per heavy atom. The van der Waals surface area contributed by atoms with E-state index in [0.29, 0.717) is 17.7 Å². The molecular formula is C19H22F3N2O6P. The summed E-state index contributed by atoms with van der Waals surface area (Å²) in [6, 6.07) is 7.94. The number of ether oxygens (including phenoxy) is 2. The SMILES string of the molecule is CCOP(=O)(NC(=O)C(C)Oc1ccc(Oc2ccc(C(F)(F)F)cn2)cc1)OCC. The number of amides is 1. The second kappa shape index (κ2) is 10.6. The number of benzene rings is 1. The molecule has 0 aliphatic rings. The van der Waals surface area contributed by atoms with E-state index in [1.165, 1.54) is 31.2 Å². The van der Waals surface area contributed by atoms with Crippen LogP contribution in [0.3, 0.4) is 0 Å². The molecule has 0 spiro atoms. The van der Waals surface area contributed by atoms with Gasteiger partial charge in [-0.05, 0) is 51.1 Å². The van der Waals surface area contributed by atoms with Crippen molar-refractivity contribution >= 4 is 13.7 Å². The van der Waals surface area contributed by atoms with Crippen LogP contribution < -0.4 is 14.6 Å². The minimum absolute atomic E-state index is 0.0167. The fourth-order valence-corrected chi connectivity index (χ4v) is 3.58. The number of halogens is 3. The highest BCUT2D eigenvalue weighted by Gasteiger charge is 2.31. The van der Waals surface area contributed by atoms with Crippen LogP contribution in [0.5, 0.6) is 17.4 Å². The quantitative estimate of drug-likeness (QED) is 0.499. The molecule has 0 fully saturated rings. The Morgan fingerprint density at radius 3 is 2.13 bits per heavy atom. The van der Waals surface area contributed by atoms with Gasteiger partial charge in [-0.25, -0.2) is 9.55 Å². The first-order chi connectivity index (χ1) is 14.6. The average Bonchev–Trinajstić information content (AvgIpc) is 2.69. The molecule has 0 aliphatic heterocycles. The number of rotatable bonds is 10. The van der Waals surface area contributed by atoms with Crippen LogP contribution in [0.15, 0.2) is 42.6 Å². The van der Waals surface area contributed by atoms with Crippen LogP contribution in [0.4, 0.5) is 13.2 Å². The van der Waals surface area contributed by atoms with E-state index in [0.717, 1.165) is 12.1 Å². The Bertz CT molecular complexity index is 896. The van der Waals surface area contributed by atoms with Crippen molar-refractivity contribution in [3.05, 3.63) is 48.2 Å². The Balaban J connectivity index is 1.95. The zero-order valence-corrected chi connectivity index (χ0v) is 17.9. The number of nitrogens with zero attached hydrogens (tertiary/aromatic N) is 1. The second-order valence-corrected chi connectivity index (χ2v) is 7.76. The van der Waals surface area contributed by atoms with Crippen LogP contribution in [0.25, 0.3) is 0 Å². The maximum Gasteiger partial charge on any atom is 0.434 e. The largest absolute Gasteiger partial charge is 0.481 e. The summed E-state index contributed by atoms with van der Waals surface area (Å²) in [5.41, 5.74) is -0.880. The van der Waals surface area contributed by atoms with Gasteiger partial charge in [0, 0.05) is 12.3 Å². The minimum atomic E-state index is -4.48. The molecule has 1 unspecified atom stereocenters. The lowest BCUT2D eigenvalue weighted by Crippen LogP contribution is -2.35. The van der Waals surface area contributed by atoms with Crippen LogP contribution in [0.2, 0.25) is 0 Å². The van der Waals surface area contributed by atoms with Crippen LogP contribution >= 0.6 is 7.75 Å². The van der Waals surface area contributed by atoms with E-state index in [2.05, 4.69) is 10.1 Å². The lowest BCUT2D eigenvalue weighted by atomic mass is 10.3. The molecule has 8 nitrogen and oxygen atoms in total. The molecule has 1 aromatic heterocycles. The maximum absolute atomic E-state index is 12.6. The second-order valence-electron chi connectivity index (χ2n) is 6.03. The first-order valence-electron chi connectivity index (χ1n) is 9.25. The third-order valence-corrected chi connectivity index (χ3v) is 5.33. The van der Waals surface area contributed by atoms with E-state index < -0.39 is 31.5 Å². The highest BCUT2D eigenvalue weighted by molar-refractivity contribution is 7.52. The van der Waals surface area contributed by atoms with Crippen LogP contribution in [-0.2, 0) is 24.6 Å². The summed E-state index contributed by atoms with van der Waals surface area (Å²) in [5.74, 6) is -0.108. The van der Waals surface area contributed by atoms with Crippen LogP contribution in [-0.4, -0.2) is 30.2 Å². The van der Waals surface area contributed by atoms with E-state index in [9.17, 15) is 22.5 Å². The molecule has 2 aromatic rings. The highest BCUT2D eigenvalue weighted by Crippen LogP contribution is 2.43. The van der Waals surface area contributed by atoms with E-state index in [1.54, 1.807) is 13.8 Å². The summed E-state index contributed by atoms with van der Waals surface area (Å²) in [4.78, 5) is 15.9. The standard InChI is InChI=1S/C19H22F3N2O6P/c1-4-27-31(26,28-5-2)24-18(25)13(3)29-15-7-9-16(10-8-15)30-17-11-6-14(12-23-17)19(20,21)22/h6-13H,4-5H2,1-3H3,(H,24,25,26). The maximum atomic E-state index is 12.6. The predicted molar refractivity (Wildman–Crippen MR) is 105 cm³/mol. The predicted octanol–water partition coefficient (Wildman–Crippen LogP) is 4.96. The highest BCUT2D eigenvalue weighted by atomic mass is 31.2.